The first-order chi connectivity index (χ1) is 48.2. The zero-order valence-electron chi connectivity index (χ0n) is 55.7. The van der Waals surface area contributed by atoms with Crippen molar-refractivity contribution < 1.29 is 18.9 Å². The molecule has 0 bridgehead atoms. The maximum atomic E-state index is 13.6. The highest BCUT2D eigenvalue weighted by atomic mass is 127. The molecule has 0 saturated carbocycles. The average Bonchev–Trinajstić information content (AvgIpc) is 0.834. The molecule has 0 atom stereocenters. The first-order valence-corrected chi connectivity index (χ1v) is 34.7. The lowest BCUT2D eigenvalue weighted by Gasteiger charge is -2.37. The van der Waals surface area contributed by atoms with Crippen LogP contribution in [0.5, 0.6) is 0 Å². The van der Waals surface area contributed by atoms with E-state index >= 15 is 0 Å². The van der Waals surface area contributed by atoms with Crippen molar-refractivity contribution in [1.29, 1.82) is 15.8 Å². The molecule has 6 aromatic carbocycles. The van der Waals surface area contributed by atoms with Gasteiger partial charge in [-0.2, -0.15) is 15.8 Å². The molecular formula is C75H70Cl3IN14O7. The molecule has 3 aliphatic rings. The van der Waals surface area contributed by atoms with E-state index in [1.165, 1.54) is 4.57 Å². The Kier molecular flexibility index (Phi) is 22.4. The van der Waals surface area contributed by atoms with Crippen molar-refractivity contribution in [1.82, 2.24) is 38.5 Å². The van der Waals surface area contributed by atoms with Gasteiger partial charge < -0.3 is 52.5 Å². The lowest BCUT2D eigenvalue weighted by atomic mass is 10.0. The van der Waals surface area contributed by atoms with Crippen LogP contribution in [0, 0.1) is 51.4 Å². The topological polar surface area (TPSA) is 237 Å². The monoisotopic (exact) mass is 1510 g/mol. The number of piperazine rings is 3. The van der Waals surface area contributed by atoms with Gasteiger partial charge in [-0.1, -0.05) is 100 Å². The van der Waals surface area contributed by atoms with E-state index in [1.54, 1.807) is 86.3 Å². The summed E-state index contributed by atoms with van der Waals surface area (Å²) in [6.07, 6.45) is 0.799. The second-order valence-electron chi connectivity index (χ2n) is 24.9. The molecule has 3 fully saturated rings. The number of fused-ring (bicyclic) bond motifs is 3. The van der Waals surface area contributed by atoms with E-state index in [1.807, 2.05) is 117 Å². The highest BCUT2D eigenvalue weighted by molar-refractivity contribution is 14.1. The minimum atomic E-state index is -0.312. The number of benzene rings is 6. The lowest BCUT2D eigenvalue weighted by molar-refractivity contribution is 0.0731. The summed E-state index contributed by atoms with van der Waals surface area (Å²) in [6, 6.07) is 49.1. The van der Waals surface area contributed by atoms with Gasteiger partial charge in [0.1, 0.15) is 40.7 Å². The molecular weight excluding hydrogens is 1440 g/mol. The van der Waals surface area contributed by atoms with E-state index < -0.39 is 0 Å². The number of hydrogen-bond donors (Lipinski definition) is 0. The Bertz CT molecular complexity index is 5110. The largest absolute Gasteiger partial charge is 0.366 e. The number of nitriles is 3. The average molecular weight is 1510 g/mol. The highest BCUT2D eigenvalue weighted by Gasteiger charge is 2.32. The van der Waals surface area contributed by atoms with Crippen LogP contribution in [0.25, 0.3) is 32.7 Å². The van der Waals surface area contributed by atoms with E-state index in [9.17, 15) is 44.6 Å². The number of pyridine rings is 3. The van der Waals surface area contributed by atoms with E-state index in [4.69, 9.17) is 39.3 Å². The fourth-order valence-electron chi connectivity index (χ4n) is 13.0. The van der Waals surface area contributed by atoms with Crippen LogP contribution in [0.1, 0.15) is 71.2 Å². The van der Waals surface area contributed by atoms with Gasteiger partial charge in [-0.25, -0.2) is 0 Å². The highest BCUT2D eigenvalue weighted by Crippen LogP contribution is 2.35. The summed E-state index contributed by atoms with van der Waals surface area (Å²) in [4.78, 5) is 91.8. The summed E-state index contributed by atoms with van der Waals surface area (Å²) in [7, 11) is 5.67. The van der Waals surface area contributed by atoms with Crippen molar-refractivity contribution in [2.75, 3.05) is 114 Å². The Morgan fingerprint density at radius 3 is 1.59 bits per heavy atom. The summed E-state index contributed by atoms with van der Waals surface area (Å²) in [5.74, 6) is 0.244. The summed E-state index contributed by atoms with van der Waals surface area (Å²) in [6.45, 7) is 11.5. The van der Waals surface area contributed by atoms with Crippen LogP contribution in [0.3, 0.4) is 0 Å². The number of hydrogen-bond acceptors (Lipinski definition) is 15. The molecule has 0 N–H and O–H groups in total. The number of halogens is 4. The second-order valence-corrected chi connectivity index (χ2v) is 27.4. The Morgan fingerprint density at radius 1 is 0.530 bits per heavy atom. The molecule has 10 aromatic rings. The van der Waals surface area contributed by atoms with E-state index in [-0.39, 0.29) is 51.1 Å². The van der Waals surface area contributed by atoms with E-state index in [0.717, 1.165) is 60.4 Å². The lowest BCUT2D eigenvalue weighted by Crippen LogP contribution is -2.49. The van der Waals surface area contributed by atoms with Crippen LogP contribution in [0.15, 0.2) is 158 Å². The summed E-state index contributed by atoms with van der Waals surface area (Å²) in [5.41, 5.74) is 7.30. The third kappa shape index (κ3) is 15.2. The van der Waals surface area contributed by atoms with Crippen LogP contribution in [-0.4, -0.2) is 155 Å². The molecule has 7 heterocycles. The van der Waals surface area contributed by atoms with E-state index in [2.05, 4.69) is 60.7 Å². The van der Waals surface area contributed by atoms with Crippen LogP contribution in [0.2, 0.25) is 15.1 Å². The first kappa shape index (κ1) is 71.3. The Labute approximate surface area is 606 Å². The first-order valence-electron chi connectivity index (χ1n) is 32.5. The third-order valence-electron chi connectivity index (χ3n) is 18.1. The molecule has 3 saturated heterocycles. The number of anilines is 3. The fourth-order valence-corrected chi connectivity index (χ4v) is 14.0. The Morgan fingerprint density at radius 2 is 1.03 bits per heavy atom. The number of para-hydroxylation sites is 1. The molecule has 0 unspecified atom stereocenters. The zero-order valence-corrected chi connectivity index (χ0v) is 60.1. The number of nitrogens with zero attached hydrogens (tertiary/aromatic N) is 14. The van der Waals surface area contributed by atoms with Gasteiger partial charge in [0.25, 0.3) is 34.4 Å². The van der Waals surface area contributed by atoms with Gasteiger partial charge in [0.15, 0.2) is 5.69 Å². The van der Waals surface area contributed by atoms with Crippen molar-refractivity contribution in [3.05, 3.63) is 240 Å². The van der Waals surface area contributed by atoms with Crippen LogP contribution in [-0.2, 0) is 20.1 Å². The summed E-state index contributed by atoms with van der Waals surface area (Å²) in [5, 5.41) is 37.5. The molecule has 13 rings (SSSR count). The molecule has 510 valence electrons. The fraction of sp³-hybridized carbons (Fsp3) is 0.280. The molecule has 0 spiro atoms. The molecule has 100 heavy (non-hydrogen) atoms. The van der Waals surface area contributed by atoms with Crippen molar-refractivity contribution in [2.45, 2.75) is 33.4 Å². The predicted octanol–water partition coefficient (Wildman–Crippen LogP) is 11.2. The van der Waals surface area contributed by atoms with Gasteiger partial charge in [0, 0.05) is 134 Å². The van der Waals surface area contributed by atoms with Gasteiger partial charge >= 0.3 is 0 Å². The summed E-state index contributed by atoms with van der Waals surface area (Å²) < 4.78 is 10.9. The van der Waals surface area contributed by atoms with Crippen LogP contribution >= 0.6 is 57.4 Å². The minimum Gasteiger partial charge on any atom is -0.366 e. The SMILES string of the molecule is CN(C)CCCn1c(=O)c(C#N)c(N2CCN(C(=O)c3ccc(Cl)c(Cl)c3)CC2)c2cc(I)ccc21.Cc1cc(C(=O)N2CCN(c3c(C#N)c(=O)n(C)c4ccccc34)CC2)no1.Cc1ccc2c(c1)c(N1CCN(C(=O)c3ccc(Cl)cc3)CC1)c(C#N)c(=O)n2Cc1ccccc1. The number of rotatable bonds is 12. The molecule has 0 radical (unpaired) electrons. The summed E-state index contributed by atoms with van der Waals surface area (Å²) >= 11 is 20.3. The number of amides is 3. The minimum absolute atomic E-state index is 0.0502. The van der Waals surface area contributed by atoms with Crippen molar-refractivity contribution in [3.63, 3.8) is 0 Å². The molecule has 25 heteroatoms. The third-order valence-corrected chi connectivity index (χ3v) is 19.8. The van der Waals surface area contributed by atoms with Gasteiger partial charge in [-0.15, -0.1) is 0 Å². The van der Waals surface area contributed by atoms with E-state index in [0.29, 0.717) is 146 Å². The standard InChI is InChI=1S/C29H25ClN4O2.C26H26Cl2IN5O2.C20H19N5O3/c1-20-7-12-26-24(17-20)27(25(18-31)29(36)34(26)19-21-5-3-2-4-6-21)32-13-15-33(16-14-32)28(35)22-8-10-23(30)11-9-22;1-31(2)8-3-9-34-23-7-5-18(29)15-19(23)24(20(16-30)26(34)36)32-10-12-33(13-11-32)25(35)17-4-6-21(27)22(28)14-17;1-13-11-16(22-28-13)20(27)25-9-7-24(8-10-25)18-14-5-3-4-6-17(14)23(2)19(26)15(18)12-21/h2-12,17H,13-16,19H2,1H3;4-7,14-15H,3,8-13H2,1-2H3;3-6,11H,7-10H2,1-2H3. The normalized spacial score (nSPS) is 13.9. The number of carbonyl (C=O) groups excluding carboxylic acids is 3. The second kappa shape index (κ2) is 31.5. The van der Waals surface area contributed by atoms with Gasteiger partial charge in [0.05, 0.1) is 50.2 Å². The van der Waals surface area contributed by atoms with Gasteiger partial charge in [-0.05, 0) is 148 Å². The van der Waals surface area contributed by atoms with Crippen molar-refractivity contribution >= 4 is 125 Å². The molecule has 4 aromatic heterocycles. The number of aromatic nitrogens is 4. The van der Waals surface area contributed by atoms with Gasteiger partial charge in [0.2, 0.25) is 0 Å². The zero-order chi connectivity index (χ0) is 71.1. The smallest absolute Gasteiger partial charge is 0.276 e. The van der Waals surface area contributed by atoms with Gasteiger partial charge in [-0.3, -0.25) is 28.8 Å². The van der Waals surface area contributed by atoms with Crippen LogP contribution in [0.4, 0.5) is 17.1 Å². The maximum absolute atomic E-state index is 13.6. The van der Waals surface area contributed by atoms with Crippen LogP contribution < -0.4 is 31.4 Å². The molecule has 3 aliphatic heterocycles. The molecule has 0 aliphatic carbocycles. The Balaban J connectivity index is 0.000000153. The number of carbonyl (C=O) groups is 3. The maximum Gasteiger partial charge on any atom is 0.276 e. The van der Waals surface area contributed by atoms with Crippen molar-refractivity contribution in [3.8, 4) is 18.2 Å². The number of aryl methyl sites for hydroxylation is 4. The Hall–Kier alpha value is -10.0. The molecule has 21 nitrogen and oxygen atoms in total. The molecule has 3 amide bonds. The van der Waals surface area contributed by atoms with Crippen molar-refractivity contribution in [2.24, 2.45) is 7.05 Å². The predicted molar refractivity (Wildman–Crippen MR) is 399 cm³/mol. The quantitative estimate of drug-likeness (QED) is 0.103.